The van der Waals surface area contributed by atoms with Gasteiger partial charge in [-0.05, 0) is 66.8 Å². The number of nitrogens with one attached hydrogen (secondary N) is 4. The highest BCUT2D eigenvalue weighted by Crippen LogP contribution is 2.17. The van der Waals surface area contributed by atoms with Crippen molar-refractivity contribution in [3.8, 4) is 0 Å². The van der Waals surface area contributed by atoms with Crippen molar-refractivity contribution in [2.45, 2.75) is 31.8 Å². The Morgan fingerprint density at radius 3 is 1.12 bits per heavy atom. The lowest BCUT2D eigenvalue weighted by Gasteiger charge is -2.10. The summed E-state index contributed by atoms with van der Waals surface area (Å²) in [5.41, 5.74) is 5.87. The van der Waals surface area contributed by atoms with Crippen molar-refractivity contribution >= 4 is 43.5 Å². The van der Waals surface area contributed by atoms with E-state index >= 15 is 0 Å². The van der Waals surface area contributed by atoms with Crippen molar-refractivity contribution in [2.75, 3.05) is 10.6 Å². The van der Waals surface area contributed by atoms with Gasteiger partial charge in [0.05, 0.1) is 11.5 Å². The Kier molecular flexibility index (Phi) is 9.84. The molecule has 0 atom stereocenters. The molecule has 0 bridgehead atoms. The van der Waals surface area contributed by atoms with Gasteiger partial charge in [0.15, 0.2) is 0 Å². The van der Waals surface area contributed by atoms with Crippen LogP contribution in [-0.2, 0) is 38.0 Å². The zero-order valence-corrected chi connectivity index (χ0v) is 25.3. The van der Waals surface area contributed by atoms with E-state index in [4.69, 9.17) is 0 Å². The van der Waals surface area contributed by atoms with Gasteiger partial charge in [-0.2, -0.15) is 0 Å². The Labute approximate surface area is 251 Å². The van der Waals surface area contributed by atoms with Crippen LogP contribution in [0.2, 0.25) is 0 Å². The van der Waals surface area contributed by atoms with Crippen molar-refractivity contribution in [3.05, 3.63) is 130 Å². The summed E-state index contributed by atoms with van der Waals surface area (Å²) in [5.74, 6) is -0.628. The molecule has 12 heteroatoms. The highest BCUT2D eigenvalue weighted by Gasteiger charge is 2.17. The van der Waals surface area contributed by atoms with E-state index in [-0.39, 0.29) is 11.5 Å². The van der Waals surface area contributed by atoms with Crippen LogP contribution in [0.25, 0.3) is 0 Å². The molecule has 4 amide bonds. The van der Waals surface area contributed by atoms with Crippen LogP contribution in [0, 0.1) is 13.8 Å². The molecule has 4 aromatic carbocycles. The van der Waals surface area contributed by atoms with E-state index in [1.807, 2.05) is 23.3 Å². The third-order valence-corrected chi connectivity index (χ3v) is 8.70. The van der Waals surface area contributed by atoms with Crippen molar-refractivity contribution in [1.82, 2.24) is 9.44 Å². The zero-order chi connectivity index (χ0) is 31.0. The summed E-state index contributed by atoms with van der Waals surface area (Å²) in [7, 11) is -7.74. The van der Waals surface area contributed by atoms with Gasteiger partial charge in [-0.1, -0.05) is 83.9 Å². The van der Waals surface area contributed by atoms with Crippen molar-refractivity contribution < 1.29 is 26.4 Å². The SMILES string of the molecule is Cc1ccc(CS(=O)(=O)NC(=O)Nc2ccc(Cc3ccc(NC(=O)NS(=O)(=O)Cc4ccc(C)cc4)cc3)cc2)cc1. The molecular weight excluding hydrogens is 588 g/mol. The molecule has 0 saturated carbocycles. The molecule has 0 heterocycles. The van der Waals surface area contributed by atoms with E-state index in [0.717, 1.165) is 22.3 Å². The number of carbonyl (C=O) groups excluding carboxylic acids is 2. The van der Waals surface area contributed by atoms with Gasteiger partial charge in [-0.3, -0.25) is 0 Å². The summed E-state index contributed by atoms with van der Waals surface area (Å²) in [6.07, 6.45) is 0.550. The minimum Gasteiger partial charge on any atom is -0.307 e. The van der Waals surface area contributed by atoms with Gasteiger partial charge in [0.25, 0.3) is 0 Å². The summed E-state index contributed by atoms with van der Waals surface area (Å²) in [6, 6.07) is 26.2. The minimum absolute atomic E-state index is 0.314. The number of hydrogen-bond acceptors (Lipinski definition) is 6. The molecule has 0 saturated heterocycles. The van der Waals surface area contributed by atoms with Gasteiger partial charge in [0.1, 0.15) is 0 Å². The average Bonchev–Trinajstić information content (AvgIpc) is 2.92. The number of sulfonamides is 2. The highest BCUT2D eigenvalue weighted by atomic mass is 32.2. The molecule has 0 aliphatic carbocycles. The van der Waals surface area contributed by atoms with E-state index in [2.05, 4.69) is 10.6 Å². The molecule has 0 aliphatic heterocycles. The lowest BCUT2D eigenvalue weighted by Crippen LogP contribution is -2.35. The Morgan fingerprint density at radius 1 is 0.488 bits per heavy atom. The van der Waals surface area contributed by atoms with E-state index < -0.39 is 32.1 Å². The lowest BCUT2D eigenvalue weighted by atomic mass is 10.0. The second-order valence-corrected chi connectivity index (χ2v) is 13.6. The number of aryl methyl sites for hydroxylation is 2. The van der Waals surface area contributed by atoms with E-state index in [1.54, 1.807) is 97.1 Å². The number of urea groups is 2. The van der Waals surface area contributed by atoms with Gasteiger partial charge in [0.2, 0.25) is 20.0 Å². The third-order valence-electron chi connectivity index (χ3n) is 6.28. The van der Waals surface area contributed by atoms with Gasteiger partial charge in [0, 0.05) is 11.4 Å². The maximum absolute atomic E-state index is 12.3. The number of benzene rings is 4. The van der Waals surface area contributed by atoms with E-state index in [0.29, 0.717) is 28.9 Å². The first-order chi connectivity index (χ1) is 20.3. The predicted molar refractivity (Wildman–Crippen MR) is 168 cm³/mol. The van der Waals surface area contributed by atoms with Crippen LogP contribution < -0.4 is 20.1 Å². The Morgan fingerprint density at radius 2 is 0.791 bits per heavy atom. The van der Waals surface area contributed by atoms with Gasteiger partial charge < -0.3 is 10.6 Å². The minimum atomic E-state index is -3.87. The van der Waals surface area contributed by atoms with Gasteiger partial charge in [-0.25, -0.2) is 35.9 Å². The monoisotopic (exact) mass is 620 g/mol. The van der Waals surface area contributed by atoms with Crippen LogP contribution in [0.4, 0.5) is 21.0 Å². The third kappa shape index (κ3) is 10.3. The quantitative estimate of drug-likeness (QED) is 0.191. The zero-order valence-electron chi connectivity index (χ0n) is 23.6. The Balaban J connectivity index is 1.24. The van der Waals surface area contributed by atoms with Gasteiger partial charge >= 0.3 is 12.1 Å². The lowest BCUT2D eigenvalue weighted by molar-refractivity contribution is 0.255. The van der Waals surface area contributed by atoms with Crippen LogP contribution in [0.1, 0.15) is 33.4 Å². The fraction of sp³-hybridized carbons (Fsp3) is 0.161. The van der Waals surface area contributed by atoms with Crippen LogP contribution in [-0.4, -0.2) is 28.9 Å². The average molecular weight is 621 g/mol. The molecule has 224 valence electrons. The molecule has 0 fully saturated rings. The van der Waals surface area contributed by atoms with Crippen LogP contribution in [0.15, 0.2) is 97.1 Å². The summed E-state index contributed by atoms with van der Waals surface area (Å²) >= 11 is 0. The van der Waals surface area contributed by atoms with Crippen LogP contribution in [0.5, 0.6) is 0 Å². The topological polar surface area (TPSA) is 151 Å². The molecule has 4 N–H and O–H groups in total. The number of carbonyl (C=O) groups is 2. The Hall–Kier alpha value is -4.68. The largest absolute Gasteiger partial charge is 0.332 e. The fourth-order valence-corrected chi connectivity index (χ4v) is 6.20. The Bertz CT molecular complexity index is 1650. The molecule has 0 aromatic heterocycles. The standard InChI is InChI=1S/C31H32N4O6S2/c1-22-3-7-26(8-4-22)20-42(38,39)34-30(36)32-28-15-11-24(12-16-28)19-25-13-17-29(18-14-25)33-31(37)35-43(40,41)21-27-9-5-23(2)6-10-27/h3-18H,19-21H2,1-2H3,(H2,32,34,36)(H2,33,35,37). The summed E-state index contributed by atoms with van der Waals surface area (Å²) in [5, 5.41) is 5.05. The number of hydrogen-bond donors (Lipinski definition) is 4. The smallest absolute Gasteiger partial charge is 0.307 e. The fourth-order valence-electron chi connectivity index (χ4n) is 4.12. The van der Waals surface area contributed by atoms with Crippen molar-refractivity contribution in [3.63, 3.8) is 0 Å². The molecule has 0 radical (unpaired) electrons. The van der Waals surface area contributed by atoms with E-state index in [1.165, 1.54) is 0 Å². The molecule has 43 heavy (non-hydrogen) atoms. The first-order valence-electron chi connectivity index (χ1n) is 13.3. The second-order valence-electron chi connectivity index (χ2n) is 10.2. The first kappa shape index (κ1) is 31.3. The van der Waals surface area contributed by atoms with Crippen LogP contribution >= 0.6 is 0 Å². The molecule has 0 spiro atoms. The maximum atomic E-state index is 12.3. The van der Waals surface area contributed by atoms with Crippen LogP contribution in [0.3, 0.4) is 0 Å². The van der Waals surface area contributed by atoms with Crippen molar-refractivity contribution in [2.24, 2.45) is 0 Å². The molecule has 4 rings (SSSR count). The molecular formula is C31H32N4O6S2. The molecule has 10 nitrogen and oxygen atoms in total. The van der Waals surface area contributed by atoms with Crippen molar-refractivity contribution in [1.29, 1.82) is 0 Å². The molecule has 4 aromatic rings. The highest BCUT2D eigenvalue weighted by molar-refractivity contribution is 7.89. The number of anilines is 2. The summed E-state index contributed by atoms with van der Waals surface area (Å²) < 4.78 is 53.4. The normalized spacial score (nSPS) is 11.4. The molecule has 0 aliphatic rings. The number of rotatable bonds is 10. The first-order valence-corrected chi connectivity index (χ1v) is 16.6. The molecule has 0 unspecified atom stereocenters. The predicted octanol–water partition coefficient (Wildman–Crippen LogP) is 5.20. The number of amides is 4. The second kappa shape index (κ2) is 13.5. The summed E-state index contributed by atoms with van der Waals surface area (Å²) in [4.78, 5) is 24.5. The van der Waals surface area contributed by atoms with E-state index in [9.17, 15) is 26.4 Å². The summed E-state index contributed by atoms with van der Waals surface area (Å²) in [6.45, 7) is 3.80. The van der Waals surface area contributed by atoms with Gasteiger partial charge in [-0.15, -0.1) is 0 Å². The maximum Gasteiger partial charge on any atom is 0.332 e.